The summed E-state index contributed by atoms with van der Waals surface area (Å²) in [5.74, 6) is -3.74. The Kier molecular flexibility index (Phi) is 20.4. The zero-order chi connectivity index (χ0) is 62.6. The third-order valence-corrected chi connectivity index (χ3v) is 18.7. The van der Waals surface area contributed by atoms with E-state index in [-0.39, 0.29) is 75.3 Å². The molecular weight excluding hydrogens is 1170 g/mol. The lowest BCUT2D eigenvalue weighted by Gasteiger charge is -2.38. The van der Waals surface area contributed by atoms with Crippen molar-refractivity contribution in [2.45, 2.75) is 135 Å². The van der Waals surface area contributed by atoms with Crippen LogP contribution in [0, 0.1) is 17.8 Å². The summed E-state index contributed by atoms with van der Waals surface area (Å²) in [7, 11) is -5.88. The van der Waals surface area contributed by atoms with Gasteiger partial charge in [-0.05, 0) is 71.4 Å². The summed E-state index contributed by atoms with van der Waals surface area (Å²) < 4.78 is 53.4. The number of nitrogens with one attached hydrogen (secondary N) is 4. The van der Waals surface area contributed by atoms with Gasteiger partial charge in [0.05, 0.1) is 52.4 Å². The van der Waals surface area contributed by atoms with E-state index in [0.717, 1.165) is 50.7 Å². The zero-order valence-corrected chi connectivity index (χ0v) is 51.7. The Hall–Kier alpha value is -6.57. The second-order valence-electron chi connectivity index (χ2n) is 24.3. The first-order valence-electron chi connectivity index (χ1n) is 28.4. The molecule has 0 spiro atoms. The number of halogens is 2. The molecule has 21 nitrogen and oxygen atoms in total. The maximum Gasteiger partial charge on any atom is 0.399 e. The molecule has 3 aliphatic rings. The van der Waals surface area contributed by atoms with Crippen LogP contribution in [-0.2, 0) is 48.5 Å². The van der Waals surface area contributed by atoms with E-state index >= 15 is 0 Å². The van der Waals surface area contributed by atoms with Crippen LogP contribution >= 0.6 is 30.3 Å². The van der Waals surface area contributed by atoms with Gasteiger partial charge < -0.3 is 60.3 Å². The number of alkyl halides is 2. The van der Waals surface area contributed by atoms with Crippen molar-refractivity contribution < 1.29 is 71.3 Å². The Bertz CT molecular complexity index is 3350. The predicted molar refractivity (Wildman–Crippen MR) is 319 cm³/mol. The molecule has 5 heterocycles. The number of aliphatic hydroxyl groups is 1. The summed E-state index contributed by atoms with van der Waals surface area (Å²) in [5.41, 5.74) is -1.78. The highest BCUT2D eigenvalue weighted by molar-refractivity contribution is 7.52. The number of hydrogen-bond acceptors (Lipinski definition) is 14. The minimum Gasteiger partial charge on any atom is -0.391 e. The van der Waals surface area contributed by atoms with Gasteiger partial charge in [-0.2, -0.15) is 8.78 Å². The van der Waals surface area contributed by atoms with Gasteiger partial charge in [-0.25, -0.2) is 4.98 Å². The number of fused-ring (bicyclic) bond motifs is 1. The molecule has 0 bridgehead atoms. The Balaban J connectivity index is 0.871. The fourth-order valence-electron chi connectivity index (χ4n) is 10.8. The third kappa shape index (κ3) is 15.4. The average molecular weight is 1250 g/mol. The van der Waals surface area contributed by atoms with Crippen molar-refractivity contribution in [3.63, 3.8) is 0 Å². The SMILES string of the molecule is Cc1ncsc1-c1ccc([C@H](C)NC(=O)[C@@H]2C[C@@H](O)CN2C(=O)[C@@H](NC(=O)CCCNC(=O)CO[C@H]2C[C@@H](C(=O)N3CCO[C@H](c4ccccc4)C3)N(C(=O)[C@@H](NC(=O)c3cc4cc(C(F)(F)P(=O)(O)O)ccc4s3)C(C)(C)C)C2)C(C)(C)C)cc1. The smallest absolute Gasteiger partial charge is 0.391 e. The van der Waals surface area contributed by atoms with E-state index in [4.69, 9.17) is 9.47 Å². The van der Waals surface area contributed by atoms with E-state index in [1.54, 1.807) is 52.0 Å². The number of likely N-dealkylation sites (tertiary alicyclic amines) is 2. The standard InChI is InChI=1S/C60H75F2N8O13PS2/c1-34(36-16-18-38(19-17-36)50-35(2)64-33-85-50)65-53(74)43-27-41(71)29-69(43)56(77)51(58(3,4)5)66-48(72)15-12-22-63-49(73)32-83-42-28-44(55(76)68-23-24-82-45(31-68)37-13-10-9-11-14-37)70(30-42)57(78)52(59(6,7)8)67-54(75)47-26-39-25-40(20-21-46(39)86-47)60(61,62)84(79,80)81/h9-11,13-14,16-21,25-26,33-34,41-45,51-52,71H,12,15,22-24,27-32H2,1-8H3,(H,63,73)(H,65,74)(H,66,72)(H,67,75)(H2,79,80,81)/t34-,41+,42-,43-,44-,45-,51+,52+/m0/s1. The van der Waals surface area contributed by atoms with Crippen LogP contribution in [0.1, 0.15) is 118 Å². The van der Waals surface area contributed by atoms with Gasteiger partial charge in [0.2, 0.25) is 35.4 Å². The lowest BCUT2D eigenvalue weighted by Crippen LogP contribution is -2.58. The second kappa shape index (κ2) is 26.8. The Morgan fingerprint density at radius 1 is 0.826 bits per heavy atom. The molecule has 7 amide bonds. The number of benzene rings is 3. The number of rotatable bonds is 20. The molecule has 8 atom stereocenters. The summed E-state index contributed by atoms with van der Waals surface area (Å²) in [6, 6.07) is 16.6. The molecule has 7 N–H and O–H groups in total. The van der Waals surface area contributed by atoms with Crippen molar-refractivity contribution >= 4 is 81.7 Å². The number of thiazole rings is 1. The quantitative estimate of drug-likeness (QED) is 0.0321. The third-order valence-electron chi connectivity index (χ3n) is 15.6. The molecule has 3 fully saturated rings. The first-order valence-corrected chi connectivity index (χ1v) is 31.7. The van der Waals surface area contributed by atoms with Crippen molar-refractivity contribution in [2.75, 3.05) is 45.9 Å². The van der Waals surface area contributed by atoms with E-state index in [9.17, 15) is 61.8 Å². The average Bonchev–Trinajstić information content (AvgIpc) is 1.75. The fraction of sp³-hybridized carbons (Fsp3) is 0.500. The largest absolute Gasteiger partial charge is 0.399 e. The summed E-state index contributed by atoms with van der Waals surface area (Å²) in [4.78, 5) is 127. The Labute approximate surface area is 505 Å². The van der Waals surface area contributed by atoms with E-state index in [2.05, 4.69) is 26.3 Å². The number of carbonyl (C=O) groups excluding carboxylic acids is 7. The molecule has 0 unspecified atom stereocenters. The van der Waals surface area contributed by atoms with Crippen molar-refractivity contribution in [3.05, 3.63) is 112 Å². The van der Waals surface area contributed by atoms with Gasteiger partial charge in [-0.15, -0.1) is 22.7 Å². The van der Waals surface area contributed by atoms with Gasteiger partial charge in [0.25, 0.3) is 5.91 Å². The normalized spacial score (nSPS) is 20.5. The number of nitrogens with zero attached hydrogens (tertiary/aromatic N) is 4. The molecular formula is C60H75F2N8O13PS2. The van der Waals surface area contributed by atoms with Crippen LogP contribution in [0.25, 0.3) is 20.5 Å². The van der Waals surface area contributed by atoms with Gasteiger partial charge in [0.1, 0.15) is 36.9 Å². The number of carbonyl (C=O) groups is 7. The lowest BCUT2D eigenvalue weighted by atomic mass is 9.85. The number of amides is 7. The van der Waals surface area contributed by atoms with Crippen LogP contribution in [-0.4, -0.2) is 158 Å². The summed E-state index contributed by atoms with van der Waals surface area (Å²) in [6.45, 7) is 14.2. The monoisotopic (exact) mass is 1250 g/mol. The summed E-state index contributed by atoms with van der Waals surface area (Å²) >= 11 is 2.46. The molecule has 3 saturated heterocycles. The molecule has 0 aliphatic carbocycles. The van der Waals surface area contributed by atoms with Crippen molar-refractivity contribution in [3.8, 4) is 10.4 Å². The van der Waals surface area contributed by atoms with Gasteiger partial charge in [-0.1, -0.05) is 102 Å². The van der Waals surface area contributed by atoms with Crippen LogP contribution in [0.2, 0.25) is 0 Å². The van der Waals surface area contributed by atoms with Crippen molar-refractivity contribution in [1.29, 1.82) is 0 Å². The number of hydrogen-bond donors (Lipinski definition) is 7. The van der Waals surface area contributed by atoms with Gasteiger partial charge >= 0.3 is 13.3 Å². The van der Waals surface area contributed by atoms with E-state index in [0.29, 0.717) is 4.70 Å². The number of aryl methyl sites for hydroxylation is 1. The van der Waals surface area contributed by atoms with Gasteiger partial charge in [0.15, 0.2) is 0 Å². The summed E-state index contributed by atoms with van der Waals surface area (Å²) in [6.07, 6.45) is -2.15. The molecule has 464 valence electrons. The van der Waals surface area contributed by atoms with Crippen LogP contribution in [0.4, 0.5) is 8.78 Å². The van der Waals surface area contributed by atoms with Crippen LogP contribution in [0.5, 0.6) is 0 Å². The Morgan fingerprint density at radius 3 is 2.13 bits per heavy atom. The number of aromatic nitrogens is 1. The highest BCUT2D eigenvalue weighted by atomic mass is 32.1. The molecule has 3 aromatic carbocycles. The number of morpholine rings is 1. The van der Waals surface area contributed by atoms with Crippen molar-refractivity contribution in [2.24, 2.45) is 10.8 Å². The van der Waals surface area contributed by atoms with Crippen LogP contribution in [0.15, 0.2) is 84.4 Å². The highest BCUT2D eigenvalue weighted by Crippen LogP contribution is 2.59. The molecule has 26 heteroatoms. The lowest BCUT2D eigenvalue weighted by molar-refractivity contribution is -0.150. The fourth-order valence-corrected chi connectivity index (χ4v) is 13.1. The van der Waals surface area contributed by atoms with E-state index < -0.39 is 126 Å². The van der Waals surface area contributed by atoms with Gasteiger partial charge in [-0.3, -0.25) is 38.1 Å². The molecule has 2 aromatic heterocycles. The maximum absolute atomic E-state index is 14.9. The molecule has 5 aromatic rings. The second-order valence-corrected chi connectivity index (χ2v) is 27.9. The first-order chi connectivity index (χ1) is 40.4. The Morgan fingerprint density at radius 2 is 1.49 bits per heavy atom. The zero-order valence-electron chi connectivity index (χ0n) is 49.2. The summed E-state index contributed by atoms with van der Waals surface area (Å²) in [5, 5.41) is 22.2. The minimum absolute atomic E-state index is 0.00810. The van der Waals surface area contributed by atoms with E-state index in [1.165, 1.54) is 33.3 Å². The van der Waals surface area contributed by atoms with Gasteiger partial charge in [0, 0.05) is 55.7 Å². The minimum atomic E-state index is -5.88. The van der Waals surface area contributed by atoms with Crippen molar-refractivity contribution in [1.82, 2.24) is 41.0 Å². The predicted octanol–water partition coefficient (Wildman–Crippen LogP) is 6.56. The highest BCUT2D eigenvalue weighted by Gasteiger charge is 2.51. The number of aliphatic hydroxyl groups excluding tert-OH is 1. The van der Waals surface area contributed by atoms with Crippen LogP contribution in [0.3, 0.4) is 0 Å². The molecule has 3 aliphatic heterocycles. The van der Waals surface area contributed by atoms with E-state index in [1.807, 2.05) is 68.4 Å². The molecule has 8 rings (SSSR count). The number of thiophene rings is 1. The first kappa shape index (κ1) is 65.4. The topological polar surface area (TPSA) is 286 Å². The molecule has 86 heavy (non-hydrogen) atoms. The number of β-amino-alcohol motifs (C(OH)–C–C–N with tert-alkyl or cyclic N) is 1. The molecule has 0 saturated carbocycles. The van der Waals surface area contributed by atoms with Crippen LogP contribution < -0.4 is 21.3 Å². The number of ether oxygens (including phenoxy) is 2. The molecule has 0 radical (unpaired) electrons. The maximum atomic E-state index is 14.9.